The molecule has 39 heavy (non-hydrogen) atoms. The number of pyridine rings is 2. The molecule has 9 nitrogen and oxygen atoms in total. The first-order valence-corrected chi connectivity index (χ1v) is 14.2. The third-order valence-electron chi connectivity index (χ3n) is 6.60. The van der Waals surface area contributed by atoms with E-state index in [1.165, 1.54) is 16.8 Å². The van der Waals surface area contributed by atoms with E-state index in [1.807, 2.05) is 20.8 Å². The van der Waals surface area contributed by atoms with E-state index in [0.717, 1.165) is 17.5 Å². The molecule has 1 aromatic carbocycles. The molecule has 4 rings (SSSR count). The van der Waals surface area contributed by atoms with Gasteiger partial charge < -0.3 is 5.11 Å². The van der Waals surface area contributed by atoms with Crippen molar-refractivity contribution in [3.05, 3.63) is 93.9 Å². The zero-order valence-electron chi connectivity index (χ0n) is 22.0. The van der Waals surface area contributed by atoms with Crippen LogP contribution in [0, 0.1) is 18.3 Å². The molecule has 1 N–H and O–H groups in total. The summed E-state index contributed by atoms with van der Waals surface area (Å²) < 4.78 is 28.8. The molecule has 3 aromatic heterocycles. The molecule has 1 unspecified atom stereocenters. The van der Waals surface area contributed by atoms with Crippen LogP contribution in [0.2, 0.25) is 0 Å². The number of hydrogen-bond acceptors (Lipinski definition) is 8. The lowest BCUT2D eigenvalue weighted by molar-refractivity contribution is 0.358. The fourth-order valence-electron chi connectivity index (χ4n) is 4.61. The van der Waals surface area contributed by atoms with E-state index in [2.05, 4.69) is 21.0 Å². The number of sulfone groups is 1. The third kappa shape index (κ3) is 5.45. The molecule has 0 spiro atoms. The van der Waals surface area contributed by atoms with E-state index in [9.17, 15) is 23.6 Å². The van der Waals surface area contributed by atoms with Gasteiger partial charge >= 0.3 is 0 Å². The van der Waals surface area contributed by atoms with Gasteiger partial charge in [-0.15, -0.1) is 0 Å². The molecule has 0 aliphatic rings. The van der Waals surface area contributed by atoms with Gasteiger partial charge in [0.2, 0.25) is 20.6 Å². The molecular formula is C29H29N5O4S. The summed E-state index contributed by atoms with van der Waals surface area (Å²) in [7, 11) is -4.53. The van der Waals surface area contributed by atoms with Gasteiger partial charge in [-0.1, -0.05) is 32.4 Å². The predicted octanol–water partition coefficient (Wildman–Crippen LogP) is 4.76. The maximum absolute atomic E-state index is 13.7. The van der Waals surface area contributed by atoms with Crippen LogP contribution >= 0.6 is 0 Å². The Labute approximate surface area is 227 Å². The summed E-state index contributed by atoms with van der Waals surface area (Å²) in [6, 6.07) is 13.1. The number of aryl methyl sites for hydroxylation is 2. The van der Waals surface area contributed by atoms with E-state index in [-0.39, 0.29) is 10.9 Å². The first kappa shape index (κ1) is 27.7. The molecule has 0 aliphatic carbocycles. The average Bonchev–Trinajstić information content (AvgIpc) is 2.94. The molecule has 4 aromatic rings. The smallest absolute Gasteiger partial charge is 0.296 e. The molecule has 0 saturated heterocycles. The Morgan fingerprint density at radius 1 is 1.13 bits per heavy atom. The summed E-state index contributed by atoms with van der Waals surface area (Å²) in [5, 5.41) is 20.5. The minimum absolute atomic E-state index is 0.281. The van der Waals surface area contributed by atoms with Crippen molar-refractivity contribution in [2.24, 2.45) is 0 Å². The molecule has 0 radical (unpaired) electrons. The first-order valence-electron chi connectivity index (χ1n) is 12.7. The average molecular weight is 544 g/mol. The Morgan fingerprint density at radius 2 is 1.92 bits per heavy atom. The highest BCUT2D eigenvalue weighted by Gasteiger charge is 2.32. The fourth-order valence-corrected chi connectivity index (χ4v) is 5.87. The topological polar surface area (TPSA) is 139 Å². The SMILES string of the molecule is CCCCc1nc(=O)c(S(=O)(=O)c2ccc(-c3ccncc3C)cn2)c(O)n1C(CC)c1cccc(C#N)c1. The van der Waals surface area contributed by atoms with E-state index in [4.69, 9.17) is 0 Å². The standard InChI is InChI=1S/C29H29N5O4S/c1-4-6-10-25-33-28(35)27(29(36)34(25)24(5-2)21-9-7-8-20(15-21)16-30)39(37,38)26-12-11-22(18-32-26)23-13-14-31-17-19(23)3/h7-9,11-15,17-18,24,36H,4-6,10H2,1-3H3. The largest absolute Gasteiger partial charge is 0.493 e. The Morgan fingerprint density at radius 3 is 2.56 bits per heavy atom. The number of hydrogen-bond donors (Lipinski definition) is 1. The number of benzene rings is 1. The second-order valence-electron chi connectivity index (χ2n) is 9.20. The molecule has 3 heterocycles. The van der Waals surface area contributed by atoms with Crippen molar-refractivity contribution in [3.63, 3.8) is 0 Å². The molecule has 0 bridgehead atoms. The Kier molecular flexibility index (Phi) is 8.21. The zero-order valence-corrected chi connectivity index (χ0v) is 22.8. The summed E-state index contributed by atoms with van der Waals surface area (Å²) in [6.07, 6.45) is 7.05. The van der Waals surface area contributed by atoms with E-state index < -0.39 is 32.2 Å². The quantitative estimate of drug-likeness (QED) is 0.319. The minimum atomic E-state index is -4.53. The van der Waals surface area contributed by atoms with Gasteiger partial charge in [-0.2, -0.15) is 10.2 Å². The number of nitrogens with zero attached hydrogens (tertiary/aromatic N) is 5. The number of rotatable bonds is 9. The summed E-state index contributed by atoms with van der Waals surface area (Å²) >= 11 is 0. The van der Waals surface area contributed by atoms with Gasteiger partial charge in [-0.05, 0) is 66.8 Å². The van der Waals surface area contributed by atoms with Crippen LogP contribution in [0.3, 0.4) is 0 Å². The van der Waals surface area contributed by atoms with Crippen molar-refractivity contribution in [2.75, 3.05) is 0 Å². The van der Waals surface area contributed by atoms with Crippen LogP contribution in [-0.2, 0) is 16.3 Å². The molecule has 0 fully saturated rings. The monoisotopic (exact) mass is 543 g/mol. The number of unbranched alkanes of at least 4 members (excludes halogenated alkanes) is 1. The van der Waals surface area contributed by atoms with Gasteiger partial charge in [-0.3, -0.25) is 14.3 Å². The van der Waals surface area contributed by atoms with Crippen LogP contribution in [0.15, 0.2) is 75.8 Å². The Hall–Kier alpha value is -4.36. The van der Waals surface area contributed by atoms with Crippen molar-refractivity contribution in [1.82, 2.24) is 19.5 Å². The highest BCUT2D eigenvalue weighted by Crippen LogP contribution is 2.33. The summed E-state index contributed by atoms with van der Waals surface area (Å²) in [4.78, 5) is 24.7. The lowest BCUT2D eigenvalue weighted by Gasteiger charge is -2.25. The number of nitriles is 1. The predicted molar refractivity (Wildman–Crippen MR) is 146 cm³/mol. The lowest BCUT2D eigenvalue weighted by atomic mass is 10.0. The second-order valence-corrected chi connectivity index (χ2v) is 11.0. The molecule has 0 amide bonds. The van der Waals surface area contributed by atoms with Crippen molar-refractivity contribution in [1.29, 1.82) is 5.26 Å². The second kappa shape index (κ2) is 11.6. The number of aromatic hydroxyl groups is 1. The molecule has 10 heteroatoms. The van der Waals surface area contributed by atoms with Gasteiger partial charge in [0.25, 0.3) is 5.56 Å². The molecule has 0 saturated carbocycles. The van der Waals surface area contributed by atoms with Crippen LogP contribution in [-0.4, -0.2) is 33.0 Å². The van der Waals surface area contributed by atoms with Gasteiger partial charge in [0.15, 0.2) is 5.03 Å². The highest BCUT2D eigenvalue weighted by molar-refractivity contribution is 7.91. The van der Waals surface area contributed by atoms with Gasteiger partial charge in [0.05, 0.1) is 17.7 Å². The van der Waals surface area contributed by atoms with Crippen LogP contribution < -0.4 is 5.56 Å². The van der Waals surface area contributed by atoms with Crippen molar-refractivity contribution in [2.45, 2.75) is 62.4 Å². The van der Waals surface area contributed by atoms with Crippen LogP contribution in [0.1, 0.15) is 61.7 Å². The fraction of sp³-hybridized carbons (Fsp3) is 0.276. The van der Waals surface area contributed by atoms with Gasteiger partial charge in [0.1, 0.15) is 5.82 Å². The van der Waals surface area contributed by atoms with Crippen LogP contribution in [0.25, 0.3) is 11.1 Å². The van der Waals surface area contributed by atoms with Gasteiger partial charge in [-0.25, -0.2) is 13.4 Å². The maximum Gasteiger partial charge on any atom is 0.296 e. The van der Waals surface area contributed by atoms with E-state index >= 15 is 0 Å². The van der Waals surface area contributed by atoms with E-state index in [0.29, 0.717) is 36.0 Å². The Balaban J connectivity index is 1.88. The molecule has 1 atom stereocenters. The van der Waals surface area contributed by atoms with Gasteiger partial charge in [0, 0.05) is 30.6 Å². The number of aromatic nitrogens is 4. The first-order chi connectivity index (χ1) is 18.7. The molecule has 0 aliphatic heterocycles. The summed E-state index contributed by atoms with van der Waals surface area (Å²) in [6.45, 7) is 5.74. The van der Waals surface area contributed by atoms with E-state index in [1.54, 1.807) is 48.8 Å². The molecular weight excluding hydrogens is 514 g/mol. The summed E-state index contributed by atoms with van der Waals surface area (Å²) in [5.41, 5.74) is 2.51. The lowest BCUT2D eigenvalue weighted by Crippen LogP contribution is -2.27. The van der Waals surface area contributed by atoms with Crippen molar-refractivity contribution < 1.29 is 13.5 Å². The highest BCUT2D eigenvalue weighted by atomic mass is 32.2. The van der Waals surface area contributed by atoms with Crippen molar-refractivity contribution >= 4 is 9.84 Å². The Bertz CT molecular complexity index is 1710. The van der Waals surface area contributed by atoms with Crippen LogP contribution in [0.5, 0.6) is 5.88 Å². The third-order valence-corrected chi connectivity index (χ3v) is 8.29. The van der Waals surface area contributed by atoms with Crippen molar-refractivity contribution in [3.8, 4) is 23.1 Å². The zero-order chi connectivity index (χ0) is 28.2. The molecule has 200 valence electrons. The maximum atomic E-state index is 13.7. The normalized spacial score (nSPS) is 12.2. The minimum Gasteiger partial charge on any atom is -0.493 e. The van der Waals surface area contributed by atoms with Crippen LogP contribution in [0.4, 0.5) is 0 Å². The summed E-state index contributed by atoms with van der Waals surface area (Å²) in [5.74, 6) is -0.407.